The maximum atomic E-state index is 10.6. The van der Waals surface area contributed by atoms with Crippen LogP contribution in [0.25, 0.3) is 0 Å². The molecule has 1 saturated heterocycles. The molecule has 0 aromatic rings. The van der Waals surface area contributed by atoms with Gasteiger partial charge in [-0.2, -0.15) is 0 Å². The van der Waals surface area contributed by atoms with Crippen LogP contribution in [0.3, 0.4) is 0 Å². The Kier molecular flexibility index (Phi) is 2.47. The minimum absolute atomic E-state index is 0.582. The number of hydrogen-bond donors (Lipinski definition) is 3. The van der Waals surface area contributed by atoms with Crippen LogP contribution in [-0.2, 0) is 4.57 Å². The Morgan fingerprint density at radius 3 is 2.40 bits per heavy atom. The van der Waals surface area contributed by atoms with E-state index in [2.05, 4.69) is 5.32 Å². The molecule has 1 heterocycles. The Hall–Kier alpha value is 0.110. The van der Waals surface area contributed by atoms with Crippen LogP contribution in [0.1, 0.15) is 19.3 Å². The number of piperidine rings is 1. The third-order valence-electron chi connectivity index (χ3n) is 1.69. The van der Waals surface area contributed by atoms with Crippen molar-refractivity contribution in [2.24, 2.45) is 0 Å². The molecule has 1 rings (SSSR count). The largest absolute Gasteiger partial charge is 0.342 e. The van der Waals surface area contributed by atoms with Gasteiger partial charge in [-0.05, 0) is 25.8 Å². The lowest BCUT2D eigenvalue weighted by atomic mass is 10.2. The van der Waals surface area contributed by atoms with Crippen LogP contribution in [0.5, 0.6) is 0 Å². The van der Waals surface area contributed by atoms with Crippen molar-refractivity contribution in [1.29, 1.82) is 0 Å². The van der Waals surface area contributed by atoms with Gasteiger partial charge in [0.15, 0.2) is 0 Å². The van der Waals surface area contributed by atoms with Gasteiger partial charge in [0.1, 0.15) is 5.78 Å². The minimum Gasteiger partial charge on any atom is -0.323 e. The van der Waals surface area contributed by atoms with Crippen LogP contribution in [-0.4, -0.2) is 22.1 Å². The molecule has 3 N–H and O–H groups in total. The zero-order valence-corrected chi connectivity index (χ0v) is 6.55. The monoisotopic (exact) mass is 165 g/mol. The summed E-state index contributed by atoms with van der Waals surface area (Å²) in [5.41, 5.74) is 0. The first kappa shape index (κ1) is 8.21. The van der Waals surface area contributed by atoms with E-state index in [4.69, 9.17) is 9.79 Å². The first-order chi connectivity index (χ1) is 4.61. The van der Waals surface area contributed by atoms with E-state index in [1.807, 2.05) is 0 Å². The van der Waals surface area contributed by atoms with E-state index in [1.54, 1.807) is 0 Å². The fourth-order valence-corrected chi connectivity index (χ4v) is 2.01. The second-order valence-electron chi connectivity index (χ2n) is 2.55. The predicted molar refractivity (Wildman–Crippen MR) is 37.7 cm³/mol. The van der Waals surface area contributed by atoms with Gasteiger partial charge in [-0.3, -0.25) is 4.57 Å². The molecule has 0 saturated carbocycles. The van der Waals surface area contributed by atoms with Crippen LogP contribution in [0, 0.1) is 0 Å². The van der Waals surface area contributed by atoms with E-state index in [-0.39, 0.29) is 0 Å². The summed E-state index contributed by atoms with van der Waals surface area (Å²) < 4.78 is 10.6. The van der Waals surface area contributed by atoms with E-state index in [0.29, 0.717) is 6.42 Å². The van der Waals surface area contributed by atoms with E-state index in [9.17, 15) is 4.57 Å². The van der Waals surface area contributed by atoms with E-state index in [1.165, 1.54) is 0 Å². The van der Waals surface area contributed by atoms with Crippen molar-refractivity contribution in [2.45, 2.75) is 25.0 Å². The molecule has 1 aliphatic rings. The average Bonchev–Trinajstić information content (AvgIpc) is 1.88. The van der Waals surface area contributed by atoms with Gasteiger partial charge in [-0.25, -0.2) is 0 Å². The topological polar surface area (TPSA) is 69.6 Å². The van der Waals surface area contributed by atoms with Crippen molar-refractivity contribution in [1.82, 2.24) is 5.32 Å². The van der Waals surface area contributed by atoms with E-state index in [0.717, 1.165) is 19.4 Å². The molecule has 1 fully saturated rings. The number of hydrogen-bond acceptors (Lipinski definition) is 2. The molecule has 10 heavy (non-hydrogen) atoms. The lowest BCUT2D eigenvalue weighted by molar-refractivity contribution is 0.327. The van der Waals surface area contributed by atoms with Crippen LogP contribution in [0.2, 0.25) is 0 Å². The fraction of sp³-hybridized carbons (Fsp3) is 1.00. The molecule has 0 radical (unpaired) electrons. The maximum Gasteiger partial charge on any atom is 0.342 e. The maximum absolute atomic E-state index is 10.6. The fourth-order valence-electron chi connectivity index (χ4n) is 1.12. The number of rotatable bonds is 1. The van der Waals surface area contributed by atoms with Gasteiger partial charge in [0.25, 0.3) is 0 Å². The Labute approximate surface area is 59.8 Å². The summed E-state index contributed by atoms with van der Waals surface area (Å²) in [5.74, 6) is -0.582. The highest BCUT2D eigenvalue weighted by Crippen LogP contribution is 2.42. The zero-order chi connectivity index (χ0) is 7.61. The van der Waals surface area contributed by atoms with Crippen LogP contribution in [0.4, 0.5) is 0 Å². The Morgan fingerprint density at radius 1 is 1.40 bits per heavy atom. The zero-order valence-electron chi connectivity index (χ0n) is 5.66. The van der Waals surface area contributed by atoms with Crippen molar-refractivity contribution < 1.29 is 14.4 Å². The second-order valence-corrected chi connectivity index (χ2v) is 4.36. The third kappa shape index (κ3) is 2.06. The first-order valence-electron chi connectivity index (χ1n) is 3.39. The molecule has 1 aliphatic heterocycles. The highest BCUT2D eigenvalue weighted by atomic mass is 31.2. The van der Waals surface area contributed by atoms with Crippen molar-refractivity contribution in [3.8, 4) is 0 Å². The Morgan fingerprint density at radius 2 is 2.10 bits per heavy atom. The van der Waals surface area contributed by atoms with Crippen molar-refractivity contribution in [3.05, 3.63) is 0 Å². The van der Waals surface area contributed by atoms with Crippen LogP contribution < -0.4 is 5.32 Å². The summed E-state index contributed by atoms with van der Waals surface area (Å²) in [5, 5.41) is 2.80. The highest BCUT2D eigenvalue weighted by Gasteiger charge is 2.29. The summed E-state index contributed by atoms with van der Waals surface area (Å²) in [6.07, 6.45) is 2.55. The minimum atomic E-state index is -3.85. The molecule has 4 nitrogen and oxygen atoms in total. The van der Waals surface area contributed by atoms with Gasteiger partial charge in [-0.15, -0.1) is 0 Å². The lowest BCUT2D eigenvalue weighted by Gasteiger charge is -2.23. The first-order valence-corrected chi connectivity index (χ1v) is 5.07. The molecule has 5 heteroatoms. The normalized spacial score (nSPS) is 28.4. The van der Waals surface area contributed by atoms with Crippen molar-refractivity contribution in [2.75, 3.05) is 6.54 Å². The molecule has 0 spiro atoms. The molecular formula is C5H12NO3P. The highest BCUT2D eigenvalue weighted by molar-refractivity contribution is 7.52. The van der Waals surface area contributed by atoms with Crippen molar-refractivity contribution in [3.63, 3.8) is 0 Å². The Balaban J connectivity index is 2.47. The molecule has 0 aromatic carbocycles. The summed E-state index contributed by atoms with van der Waals surface area (Å²) in [7, 11) is -3.85. The third-order valence-corrected chi connectivity index (χ3v) is 2.94. The van der Waals surface area contributed by atoms with Gasteiger partial charge in [0.2, 0.25) is 0 Å². The second kappa shape index (κ2) is 3.01. The molecule has 0 aromatic heterocycles. The van der Waals surface area contributed by atoms with Gasteiger partial charge in [0.05, 0.1) is 0 Å². The van der Waals surface area contributed by atoms with Gasteiger partial charge < -0.3 is 15.1 Å². The molecular weight excluding hydrogens is 153 g/mol. The molecule has 0 unspecified atom stereocenters. The SMILES string of the molecule is O=P(O)(O)[C@@H]1CCCCN1. The average molecular weight is 165 g/mol. The molecule has 0 aliphatic carbocycles. The molecule has 1 atom stereocenters. The van der Waals surface area contributed by atoms with Crippen LogP contribution >= 0.6 is 7.60 Å². The van der Waals surface area contributed by atoms with Gasteiger partial charge in [0, 0.05) is 0 Å². The number of nitrogens with one attached hydrogen (secondary N) is 1. The van der Waals surface area contributed by atoms with E-state index < -0.39 is 13.4 Å². The predicted octanol–water partition coefficient (Wildman–Crippen LogP) is 0.264. The van der Waals surface area contributed by atoms with E-state index >= 15 is 0 Å². The molecule has 60 valence electrons. The summed E-state index contributed by atoms with van der Waals surface area (Å²) in [6.45, 7) is 0.732. The summed E-state index contributed by atoms with van der Waals surface area (Å²) in [6, 6.07) is 0. The summed E-state index contributed by atoms with van der Waals surface area (Å²) >= 11 is 0. The van der Waals surface area contributed by atoms with Gasteiger partial charge >= 0.3 is 7.60 Å². The molecule has 0 amide bonds. The summed E-state index contributed by atoms with van der Waals surface area (Å²) in [4.78, 5) is 17.4. The lowest BCUT2D eigenvalue weighted by Crippen LogP contribution is -2.33. The smallest absolute Gasteiger partial charge is 0.323 e. The van der Waals surface area contributed by atoms with Crippen LogP contribution in [0.15, 0.2) is 0 Å². The quantitative estimate of drug-likeness (QED) is 0.487. The van der Waals surface area contributed by atoms with Gasteiger partial charge in [-0.1, -0.05) is 0 Å². The molecule has 0 bridgehead atoms. The standard InChI is InChI=1S/C5H12NO3P/c7-10(8,9)5-3-1-2-4-6-5/h5-6H,1-4H2,(H2,7,8,9)/t5-/m1/s1. The van der Waals surface area contributed by atoms with Crippen molar-refractivity contribution >= 4 is 7.60 Å². The Bertz CT molecular complexity index is 149.